The van der Waals surface area contributed by atoms with Gasteiger partial charge in [0, 0.05) is 25.6 Å². The van der Waals surface area contributed by atoms with Crippen LogP contribution in [0.1, 0.15) is 57.2 Å². The van der Waals surface area contributed by atoms with E-state index in [-0.39, 0.29) is 70.6 Å². The monoisotopic (exact) mass is 547 g/mol. The Labute approximate surface area is 252 Å². The summed E-state index contributed by atoms with van der Waals surface area (Å²) in [5.74, 6) is 5.37. The number of amides is 1. The van der Waals surface area contributed by atoms with E-state index >= 15 is 0 Å². The van der Waals surface area contributed by atoms with Crippen molar-refractivity contribution in [1.29, 1.82) is 0 Å². The third-order valence-corrected chi connectivity index (χ3v) is 5.47. The van der Waals surface area contributed by atoms with E-state index in [1.807, 2.05) is 11.9 Å². The predicted molar refractivity (Wildman–Crippen MR) is 114 cm³/mol. The number of aromatic amines is 1. The van der Waals surface area contributed by atoms with Gasteiger partial charge in [0.2, 0.25) is 5.91 Å². The Hall–Kier alpha value is -0.300. The number of hydrogen-bond acceptors (Lipinski definition) is 10. The smallest absolute Gasteiger partial charge is 0.790 e. The zero-order valence-electron chi connectivity index (χ0n) is 20.6. The Balaban J connectivity index is 0.00000612. The van der Waals surface area contributed by atoms with Crippen LogP contribution in [0.15, 0.2) is 15.8 Å². The summed E-state index contributed by atoms with van der Waals surface area (Å²) < 4.78 is 20.8. The van der Waals surface area contributed by atoms with Crippen LogP contribution in [0.5, 0.6) is 0 Å². The molecule has 1 fully saturated rings. The van der Waals surface area contributed by atoms with E-state index in [2.05, 4.69) is 21.7 Å². The third-order valence-electron chi connectivity index (χ3n) is 5.01. The van der Waals surface area contributed by atoms with Gasteiger partial charge in [-0.1, -0.05) is 25.2 Å². The van der Waals surface area contributed by atoms with Crippen LogP contribution in [-0.4, -0.2) is 57.1 Å². The molecule has 13 nitrogen and oxygen atoms in total. The van der Waals surface area contributed by atoms with Gasteiger partial charge in [-0.15, -0.1) is 0 Å². The second-order valence-corrected chi connectivity index (χ2v) is 8.86. The summed E-state index contributed by atoms with van der Waals surface area (Å²) in [7, 11) is -5.34. The van der Waals surface area contributed by atoms with E-state index in [1.165, 1.54) is 0 Å². The molecule has 1 saturated heterocycles. The molecule has 1 aliphatic heterocycles. The van der Waals surface area contributed by atoms with Crippen molar-refractivity contribution in [3.8, 4) is 11.8 Å². The van der Waals surface area contributed by atoms with Crippen LogP contribution in [0.25, 0.3) is 0 Å². The van der Waals surface area contributed by atoms with Crippen LogP contribution < -0.4 is 85.5 Å². The zero-order valence-corrected chi connectivity index (χ0v) is 25.5. The minimum absolute atomic E-state index is 0. The second-order valence-electron chi connectivity index (χ2n) is 7.71. The number of unbranched alkanes of at least 4 members (excludes halogenated alkanes) is 3. The summed E-state index contributed by atoms with van der Waals surface area (Å²) >= 11 is 0. The molecule has 0 saturated carbocycles. The van der Waals surface area contributed by atoms with Crippen molar-refractivity contribution in [2.45, 2.75) is 70.0 Å². The van der Waals surface area contributed by atoms with E-state index in [0.717, 1.165) is 23.6 Å². The molecule has 1 amide bonds. The molecule has 0 aromatic carbocycles. The van der Waals surface area contributed by atoms with Gasteiger partial charge in [0.1, 0.15) is 23.9 Å². The van der Waals surface area contributed by atoms with E-state index in [0.29, 0.717) is 32.2 Å². The fourth-order valence-electron chi connectivity index (χ4n) is 3.17. The molecule has 16 heteroatoms. The summed E-state index contributed by atoms with van der Waals surface area (Å²) in [6.07, 6.45) is -1.28. The molecule has 2 rings (SSSR count). The number of carbonyl (C=O) groups excluding carboxylic acids is 1. The fourth-order valence-corrected chi connectivity index (χ4v) is 3.50. The maximum absolute atomic E-state index is 12.2. The number of aliphatic hydroxyl groups is 2. The van der Waals surface area contributed by atoms with Crippen LogP contribution in [0.2, 0.25) is 0 Å². The standard InChI is InChI=1S/C20H30N3O10P.2Na/c1-2-3-10-21-15(24)9-7-5-4-6-8-13-11-23(20(28)22-18(13)27)19-17(26)16(25)14(33-19)12-32-34(29,30)31;;/h11,14,16-17,19,25-26H,2-5,7,9-10,12H2,1H3,(H,21,24)(H,22,27,28)(H2,29,30,31);;/q;2*+1/p-2/t14-,16-,17+,19-;;/m1../s1. The van der Waals surface area contributed by atoms with Crippen molar-refractivity contribution >= 4 is 13.7 Å². The van der Waals surface area contributed by atoms with Crippen molar-refractivity contribution < 1.29 is 97.7 Å². The summed E-state index contributed by atoms with van der Waals surface area (Å²) in [4.78, 5) is 59.2. The van der Waals surface area contributed by atoms with E-state index in [9.17, 15) is 38.9 Å². The van der Waals surface area contributed by atoms with Crippen molar-refractivity contribution in [2.75, 3.05) is 13.2 Å². The van der Waals surface area contributed by atoms with Gasteiger partial charge in [0.05, 0.1) is 14.4 Å². The van der Waals surface area contributed by atoms with Gasteiger partial charge in [0.25, 0.3) is 5.56 Å². The quantitative estimate of drug-likeness (QED) is 0.0891. The Morgan fingerprint density at radius 3 is 2.58 bits per heavy atom. The summed E-state index contributed by atoms with van der Waals surface area (Å²) in [6, 6.07) is 0. The van der Waals surface area contributed by atoms with Crippen molar-refractivity contribution in [2.24, 2.45) is 0 Å². The Kier molecular flexibility index (Phi) is 17.2. The fraction of sp³-hybridized carbons (Fsp3) is 0.650. The molecular weight excluding hydrogens is 519 g/mol. The minimum atomic E-state index is -5.34. The van der Waals surface area contributed by atoms with E-state index < -0.39 is 50.2 Å². The number of rotatable bonds is 11. The number of nitrogens with one attached hydrogen (secondary N) is 2. The molecule has 4 N–H and O–H groups in total. The number of hydrogen-bond donors (Lipinski definition) is 4. The number of phosphoric ester groups is 1. The third kappa shape index (κ3) is 11.6. The molecule has 2 heterocycles. The maximum atomic E-state index is 12.2. The first-order valence-corrected chi connectivity index (χ1v) is 12.3. The van der Waals surface area contributed by atoms with E-state index in [4.69, 9.17) is 4.74 Å². The van der Waals surface area contributed by atoms with Gasteiger partial charge in [-0.25, -0.2) is 4.79 Å². The SMILES string of the molecule is CCCCNC(=O)CCCCC#Cc1cn([C@@H]2O[C@H](COP(=O)([O-])[O-])[C@@H](O)[C@@H]2O)c(=O)[nH]c1=O.[Na+].[Na+]. The molecule has 0 aliphatic carbocycles. The number of H-pyrrole nitrogens is 1. The number of aliphatic hydroxyl groups excluding tert-OH is 2. The number of nitrogens with zero attached hydrogens (tertiary/aromatic N) is 1. The van der Waals surface area contributed by atoms with Gasteiger partial charge >= 0.3 is 64.8 Å². The Morgan fingerprint density at radius 2 is 1.94 bits per heavy atom. The number of phosphoric acid groups is 1. The average molecular weight is 547 g/mol. The van der Waals surface area contributed by atoms with Crippen molar-refractivity contribution in [1.82, 2.24) is 14.9 Å². The topological polar surface area (TPSA) is 206 Å². The zero-order chi connectivity index (χ0) is 25.3. The van der Waals surface area contributed by atoms with Crippen molar-refractivity contribution in [3.05, 3.63) is 32.6 Å². The molecule has 1 aliphatic rings. The second kappa shape index (κ2) is 17.3. The molecule has 0 unspecified atom stereocenters. The van der Waals surface area contributed by atoms with Gasteiger partial charge in [-0.2, -0.15) is 0 Å². The van der Waals surface area contributed by atoms with Gasteiger partial charge in [-0.3, -0.25) is 19.1 Å². The van der Waals surface area contributed by atoms with Gasteiger partial charge < -0.3 is 39.1 Å². The normalized spacial score (nSPS) is 21.0. The number of ether oxygens (including phenoxy) is 1. The Bertz CT molecular complexity index is 1060. The largest absolute Gasteiger partial charge is 1.00 e. The van der Waals surface area contributed by atoms with Gasteiger partial charge in [-0.05, 0) is 19.3 Å². The summed E-state index contributed by atoms with van der Waals surface area (Å²) in [5, 5.41) is 23.1. The van der Waals surface area contributed by atoms with Crippen molar-refractivity contribution in [3.63, 3.8) is 0 Å². The molecule has 190 valence electrons. The molecule has 4 atom stereocenters. The number of carbonyl (C=O) groups is 1. The molecule has 1 aromatic heterocycles. The average Bonchev–Trinajstić information content (AvgIpc) is 3.04. The first-order valence-electron chi connectivity index (χ1n) is 10.8. The van der Waals surface area contributed by atoms with Crippen LogP contribution in [0, 0.1) is 11.8 Å². The minimum Gasteiger partial charge on any atom is -0.790 e. The van der Waals surface area contributed by atoms with Crippen LogP contribution in [0.3, 0.4) is 0 Å². The molecular formula is C20H28N3Na2O10P. The van der Waals surface area contributed by atoms with Crippen LogP contribution in [0.4, 0.5) is 0 Å². The first kappa shape index (κ1) is 35.7. The van der Waals surface area contributed by atoms with E-state index in [1.54, 1.807) is 0 Å². The molecule has 0 radical (unpaired) electrons. The summed E-state index contributed by atoms with van der Waals surface area (Å²) in [6.45, 7) is 1.82. The maximum Gasteiger partial charge on any atom is 1.00 e. The molecule has 0 bridgehead atoms. The predicted octanol–water partition coefficient (Wildman–Crippen LogP) is -8.16. The summed E-state index contributed by atoms with van der Waals surface area (Å²) in [5.41, 5.74) is -1.83. The van der Waals surface area contributed by atoms with Crippen LogP contribution >= 0.6 is 7.82 Å². The molecule has 36 heavy (non-hydrogen) atoms. The molecule has 1 aromatic rings. The first-order chi connectivity index (χ1) is 16.0. The van der Waals surface area contributed by atoms with Crippen LogP contribution in [-0.2, 0) is 18.6 Å². The van der Waals surface area contributed by atoms with Gasteiger partial charge in [0.15, 0.2) is 6.23 Å². The molecule has 0 spiro atoms. The number of aromatic nitrogens is 2. The Morgan fingerprint density at radius 1 is 1.25 bits per heavy atom.